The summed E-state index contributed by atoms with van der Waals surface area (Å²) in [6.07, 6.45) is 4.78. The fourth-order valence-electron chi connectivity index (χ4n) is 14.0. The minimum Gasteiger partial charge on any atom is -0.493 e. The topological polar surface area (TPSA) is 394 Å². The maximum Gasteiger partial charge on any atom is 0.417 e. The van der Waals surface area contributed by atoms with E-state index in [4.69, 9.17) is 70.4 Å². The van der Waals surface area contributed by atoms with E-state index in [9.17, 15) is 43.5 Å². The number of nitrogens with zero attached hydrogens (tertiary/aromatic N) is 5. The number of nitrogens with one attached hydrogen (secondary N) is 4. The lowest BCUT2D eigenvalue weighted by molar-refractivity contribution is -0.137. The van der Waals surface area contributed by atoms with Gasteiger partial charge in [0.05, 0.1) is 168 Å². The average molecular weight is 1810 g/mol. The number of imide groups is 1. The zero-order valence-electron chi connectivity index (χ0n) is 77.0. The zero-order valence-corrected chi connectivity index (χ0v) is 79.0. The van der Waals surface area contributed by atoms with Gasteiger partial charge in [-0.3, -0.25) is 43.3 Å². The van der Waals surface area contributed by atoms with Crippen LogP contribution in [-0.2, 0) is 80.3 Å². The van der Waals surface area contributed by atoms with Gasteiger partial charge in [0.1, 0.15) is 17.7 Å². The number of rotatable bonds is 50. The number of methoxy groups -OCH3 is 2. The predicted molar refractivity (Wildman–Crippen MR) is 477 cm³/mol. The van der Waals surface area contributed by atoms with Gasteiger partial charge in [0.15, 0.2) is 52.1 Å². The Kier molecular flexibility index (Phi) is 36.9. The van der Waals surface area contributed by atoms with E-state index in [-0.39, 0.29) is 139 Å². The van der Waals surface area contributed by atoms with Gasteiger partial charge in [-0.25, -0.2) is 19.4 Å². The summed E-state index contributed by atoms with van der Waals surface area (Å²) in [5, 5.41) is 21.6. The number of anilines is 3. The van der Waals surface area contributed by atoms with Gasteiger partial charge in [0.2, 0.25) is 23.6 Å². The van der Waals surface area contributed by atoms with Crippen LogP contribution < -0.4 is 50.0 Å². The first-order valence-corrected chi connectivity index (χ1v) is 49.5. The fourth-order valence-corrected chi connectivity index (χ4v) is 16.4. The molecule has 6 atom stereocenters. The summed E-state index contributed by atoms with van der Waals surface area (Å²) in [5.41, 5.74) is 2.46. The molecule has 702 valence electrons. The number of hydrogen-bond donors (Lipinski definition) is 5. The Morgan fingerprint density at radius 1 is 0.520 bits per heavy atom. The number of hydrogen-bond acceptors (Lipinski definition) is 25. The highest BCUT2D eigenvalue weighted by Gasteiger charge is 2.54. The van der Waals surface area contributed by atoms with Crippen LogP contribution >= 0.6 is 0 Å². The van der Waals surface area contributed by atoms with Crippen molar-refractivity contribution in [3.63, 3.8) is 0 Å². The lowest BCUT2D eigenvalue weighted by atomic mass is 10.0. The summed E-state index contributed by atoms with van der Waals surface area (Å²) in [7, 11) is -2.64. The lowest BCUT2D eigenvalue weighted by Crippen LogP contribution is -2.58. The predicted octanol–water partition coefficient (Wildman–Crippen LogP) is 10.8. The monoisotopic (exact) mass is 1810 g/mol. The van der Waals surface area contributed by atoms with Crippen LogP contribution in [0.3, 0.4) is 0 Å². The van der Waals surface area contributed by atoms with Gasteiger partial charge in [0, 0.05) is 74.7 Å². The van der Waals surface area contributed by atoms with Crippen LogP contribution in [0.5, 0.6) is 23.0 Å². The van der Waals surface area contributed by atoms with Crippen LogP contribution in [0.15, 0.2) is 78.7 Å². The Balaban J connectivity index is 0.712. The van der Waals surface area contributed by atoms with Crippen LogP contribution in [-0.4, -0.2) is 284 Å². The smallest absolute Gasteiger partial charge is 0.417 e. The first kappa shape index (κ1) is 101. The number of fused-ring (bicyclic) bond motifs is 4. The van der Waals surface area contributed by atoms with E-state index in [0.717, 1.165) is 28.9 Å². The molecule has 9 rings (SSSR count). The van der Waals surface area contributed by atoms with Crippen LogP contribution in [0.4, 0.5) is 26.7 Å². The van der Waals surface area contributed by atoms with Crippen LogP contribution in [0.25, 0.3) is 5.57 Å². The summed E-state index contributed by atoms with van der Waals surface area (Å²) in [4.78, 5) is 142. The Labute approximate surface area is 747 Å². The molecule has 35 nitrogen and oxygen atoms in total. The lowest BCUT2D eigenvalue weighted by Gasteiger charge is -2.44. The molecule has 1 aliphatic carbocycles. The van der Waals surface area contributed by atoms with Crippen LogP contribution in [0, 0.1) is 11.8 Å². The maximum atomic E-state index is 15.5. The third kappa shape index (κ3) is 28.3. The second-order valence-electron chi connectivity index (χ2n) is 36.2. The van der Waals surface area contributed by atoms with Gasteiger partial charge in [-0.1, -0.05) is 67.5 Å². The van der Waals surface area contributed by atoms with Crippen molar-refractivity contribution in [2.45, 2.75) is 207 Å². The quantitative estimate of drug-likeness (QED) is 0.0199. The second kappa shape index (κ2) is 46.2. The van der Waals surface area contributed by atoms with Gasteiger partial charge >= 0.3 is 12.2 Å². The normalized spacial score (nSPS) is 18.2. The highest BCUT2D eigenvalue weighted by atomic mass is 28.4. The molecule has 2 unspecified atom stereocenters. The molecule has 0 aromatic heterocycles. The molecular formula is C90H133N9O26Si2. The third-order valence-corrected chi connectivity index (χ3v) is 32.0. The van der Waals surface area contributed by atoms with Crippen LogP contribution in [0.2, 0.25) is 36.3 Å². The number of benzene rings is 3. The van der Waals surface area contributed by atoms with E-state index in [0.29, 0.717) is 116 Å². The molecule has 0 spiro atoms. The first-order valence-electron chi connectivity index (χ1n) is 43.7. The number of carboxylic acid groups (broad SMARTS) is 1. The van der Waals surface area contributed by atoms with E-state index < -0.39 is 106 Å². The molecule has 5 heterocycles. The molecule has 1 saturated carbocycles. The summed E-state index contributed by atoms with van der Waals surface area (Å²) >= 11 is 0. The molecule has 3 aromatic rings. The van der Waals surface area contributed by atoms with Crippen molar-refractivity contribution in [2.75, 3.05) is 161 Å². The number of carbonyl (C=O) groups is 10. The molecule has 10 amide bonds. The van der Waals surface area contributed by atoms with Crippen molar-refractivity contribution < 1.29 is 123 Å². The Morgan fingerprint density at radius 2 is 0.969 bits per heavy atom. The van der Waals surface area contributed by atoms with E-state index >= 15 is 9.59 Å². The van der Waals surface area contributed by atoms with E-state index in [1.54, 1.807) is 93.9 Å². The standard InChI is InChI=1S/C90H133N9O26Si2/c1-58(2)79(94-76(101)29-34-113-36-38-115-40-42-117-44-46-119-48-49-120-47-45-118-43-41-116-39-37-114-35-30-91-75(100)28-31-95-77(102)26-27-78(95)103)81(105)92-59(3)80(104)93-64-24-22-61(23-25-64)63-51-70-85(125-127(17,18)90(10,11)12)99(87(110)123-88(4,5)6)68-55-74(72(112-14)53-66(68)83(107)97(70)57-63)122-33-19-32-121-73-54-67-65(52-71(73)111-13)82(106)96-56-62(60-20-21-60)50-69(96)84(98(67)86(108)109)124-126(15,16)89(7,8)9/h22-27,52-60,69-70,79,84-85H,19-21,28-51H2,1-18H3,(H,91,100)(H,92,105)(H,93,104)(H,94,101)(H,108,109)/t59-,69?,70?,79-,84-,85-/m0/s1. The Bertz CT molecular complexity index is 4380. The molecule has 1 fully saturated rings. The summed E-state index contributed by atoms with van der Waals surface area (Å²) in [6, 6.07) is 9.84. The van der Waals surface area contributed by atoms with E-state index in [1.807, 2.05) is 6.20 Å². The molecule has 5 aliphatic heterocycles. The molecule has 5 N–H and O–H groups in total. The van der Waals surface area contributed by atoms with Crippen molar-refractivity contribution in [1.29, 1.82) is 0 Å². The molecule has 3 aromatic carbocycles. The zero-order chi connectivity index (χ0) is 92.7. The van der Waals surface area contributed by atoms with Gasteiger partial charge in [-0.2, -0.15) is 0 Å². The third-order valence-electron chi connectivity index (χ3n) is 23.2. The highest BCUT2D eigenvalue weighted by Crippen LogP contribution is 2.51. The first-order chi connectivity index (χ1) is 60.1. The molecule has 0 saturated heterocycles. The molecule has 6 aliphatic rings. The minimum atomic E-state index is -2.86. The number of amides is 10. The fraction of sp³-hybridized carbons (Fsp3) is 0.622. The van der Waals surface area contributed by atoms with Gasteiger partial charge < -0.3 is 107 Å². The largest absolute Gasteiger partial charge is 0.493 e. The summed E-state index contributed by atoms with van der Waals surface area (Å²) < 4.78 is 89.6. The van der Waals surface area contributed by atoms with Crippen molar-refractivity contribution >= 4 is 98.7 Å². The van der Waals surface area contributed by atoms with Gasteiger partial charge in [-0.15, -0.1) is 0 Å². The SMILES string of the molecule is COc1cc2c(cc1OCCCOc1cc3c(cc1OC)C(=O)N1C=C(c4ccc(NC(=O)[C@H](C)NC(=O)[C@@H](NC(=O)CCOCCOCCOCCOCCOCCOCCOCCOCCNC(=O)CCN5C(=O)C=CC5=O)C(C)C)cc4)CC1[C@H](O[Si](C)(C)C(C)(C)C)N3C(=O)OC(C)(C)C)N(C(=O)O)[C@@H](O[Si](C)(C)C(C)(C)C)C1CC(C3CC3)=CN1C2=O. The van der Waals surface area contributed by atoms with Crippen molar-refractivity contribution in [2.24, 2.45) is 11.8 Å². The van der Waals surface area contributed by atoms with Crippen molar-refractivity contribution in [3.05, 3.63) is 95.3 Å². The molecule has 37 heteroatoms. The Hall–Kier alpha value is -9.39. The number of ether oxygens (including phenoxy) is 13. The van der Waals surface area contributed by atoms with Crippen molar-refractivity contribution in [3.8, 4) is 23.0 Å². The van der Waals surface area contributed by atoms with Gasteiger partial charge in [-0.05, 0) is 142 Å². The highest BCUT2D eigenvalue weighted by molar-refractivity contribution is 6.74. The summed E-state index contributed by atoms with van der Waals surface area (Å²) in [5.74, 6) is -2.63. The van der Waals surface area contributed by atoms with Crippen LogP contribution in [0.1, 0.15) is 154 Å². The second-order valence-corrected chi connectivity index (χ2v) is 45.7. The average Bonchev–Trinajstić information content (AvgIpc) is 1.59. The Morgan fingerprint density at radius 3 is 1.42 bits per heavy atom. The molecule has 0 radical (unpaired) electrons. The number of carbonyl (C=O) groups excluding carboxylic acids is 9. The van der Waals surface area contributed by atoms with E-state index in [2.05, 4.69) is 89.0 Å². The van der Waals surface area contributed by atoms with Crippen molar-refractivity contribution in [1.82, 2.24) is 30.7 Å². The summed E-state index contributed by atoms with van der Waals surface area (Å²) in [6.45, 7) is 36.9. The van der Waals surface area contributed by atoms with Gasteiger partial charge in [0.25, 0.3) is 23.6 Å². The molecule has 0 bridgehead atoms. The van der Waals surface area contributed by atoms with E-state index in [1.165, 1.54) is 48.3 Å². The maximum absolute atomic E-state index is 15.5. The molecular weight excluding hydrogens is 1680 g/mol. The molecule has 127 heavy (non-hydrogen) atoms. The minimum absolute atomic E-state index is 0.0202.